The Balaban J connectivity index is 1.07. The molecular weight excluding hydrogens is 737 g/mol. The molecule has 0 saturated carbocycles. The van der Waals surface area contributed by atoms with Crippen molar-refractivity contribution in [3.8, 4) is 45.0 Å². The van der Waals surface area contributed by atoms with E-state index in [2.05, 4.69) is 133 Å². The number of aromatic nitrogens is 4. The number of hydrogen-bond donors (Lipinski definition) is 0. The maximum Gasteiger partial charge on any atom is 0.227 e. The number of benzene rings is 8. The number of para-hydroxylation sites is 4. The van der Waals surface area contributed by atoms with Crippen LogP contribution in [0.2, 0.25) is 0 Å². The predicted molar refractivity (Wildman–Crippen MR) is 243 cm³/mol. The molecule has 11 aromatic rings. The predicted octanol–water partition coefficient (Wildman–Crippen LogP) is 14.1. The van der Waals surface area contributed by atoms with Crippen molar-refractivity contribution in [1.29, 1.82) is 0 Å². The summed E-state index contributed by atoms with van der Waals surface area (Å²) in [7, 11) is 0. The molecule has 0 atom stereocenters. The molecule has 0 aliphatic heterocycles. The molecule has 3 aromatic heterocycles. The average Bonchev–Trinajstić information content (AvgIpc) is 3.96. The summed E-state index contributed by atoms with van der Waals surface area (Å²) >= 11 is 0. The second-order valence-corrected chi connectivity index (χ2v) is 15.4. The maximum absolute atomic E-state index is 6.16. The lowest BCUT2D eigenvalue weighted by Gasteiger charge is -2.18. The highest BCUT2D eigenvalue weighted by molar-refractivity contribution is 6.06. The molecule has 0 saturated heterocycles. The van der Waals surface area contributed by atoms with Gasteiger partial charge in [0.05, 0.1) is 11.2 Å². The molecule has 1 aliphatic carbocycles. The molecule has 8 aromatic carbocycles. The van der Waals surface area contributed by atoms with Crippen LogP contribution in [0.15, 0.2) is 191 Å². The smallest absolute Gasteiger partial charge is 0.227 e. The molecule has 60 heavy (non-hydrogen) atoms. The number of nitrogens with zero attached hydrogens (tertiary/aromatic N) is 4. The van der Waals surface area contributed by atoms with Gasteiger partial charge in [-0.05, 0) is 117 Å². The van der Waals surface area contributed by atoms with Gasteiger partial charge in [-0.25, -0.2) is 19.9 Å². The summed E-state index contributed by atoms with van der Waals surface area (Å²) in [4.78, 5) is 20.5. The zero-order valence-electron chi connectivity index (χ0n) is 32.3. The van der Waals surface area contributed by atoms with Gasteiger partial charge in [-0.3, -0.25) is 0 Å². The van der Waals surface area contributed by atoms with Crippen LogP contribution in [0, 0.1) is 0 Å². The van der Waals surface area contributed by atoms with E-state index in [0.29, 0.717) is 17.6 Å². The molecule has 0 amide bonds. The highest BCUT2D eigenvalue weighted by Gasteiger charge is 2.22. The Morgan fingerprint density at radius 1 is 0.383 bits per heavy atom. The van der Waals surface area contributed by atoms with Crippen LogP contribution in [-0.2, 0) is 0 Å². The number of hydrogen-bond acceptors (Lipinski definition) is 6. The molecular formula is C54H34N4O2. The third-order valence-corrected chi connectivity index (χ3v) is 11.6. The molecule has 0 N–H and O–H groups in total. The molecule has 6 heteroatoms. The second kappa shape index (κ2) is 13.9. The van der Waals surface area contributed by atoms with Crippen LogP contribution < -0.4 is 0 Å². The van der Waals surface area contributed by atoms with Crippen molar-refractivity contribution in [1.82, 2.24) is 19.9 Å². The van der Waals surface area contributed by atoms with Crippen molar-refractivity contribution in [3.05, 3.63) is 194 Å². The Labute approximate surface area is 344 Å². The highest BCUT2D eigenvalue weighted by atomic mass is 16.4. The van der Waals surface area contributed by atoms with Crippen LogP contribution in [0.3, 0.4) is 0 Å². The summed E-state index contributed by atoms with van der Waals surface area (Å²) < 4.78 is 12.3. The van der Waals surface area contributed by atoms with Crippen molar-refractivity contribution >= 4 is 65.8 Å². The SMILES string of the molecule is C1=C(c2nc(-c3ccc(-c4nc5ccccc5o4)cc3)c3cc(-c4ccc5ccccc5c4)cc(-c4ccc5ccccc5c4)c3n2)CCC(c2nc3ccccc3o2)=C1. The normalized spacial score (nSPS) is 13.1. The Kier molecular flexibility index (Phi) is 7.88. The van der Waals surface area contributed by atoms with Crippen molar-refractivity contribution < 1.29 is 8.83 Å². The number of fused-ring (bicyclic) bond motifs is 5. The van der Waals surface area contributed by atoms with E-state index in [-0.39, 0.29) is 0 Å². The molecule has 6 nitrogen and oxygen atoms in total. The Morgan fingerprint density at radius 3 is 1.62 bits per heavy atom. The number of oxazole rings is 2. The first-order chi connectivity index (χ1) is 29.7. The van der Waals surface area contributed by atoms with E-state index < -0.39 is 0 Å². The van der Waals surface area contributed by atoms with E-state index >= 15 is 0 Å². The largest absolute Gasteiger partial charge is 0.436 e. The average molecular weight is 771 g/mol. The Bertz CT molecular complexity index is 3490. The summed E-state index contributed by atoms with van der Waals surface area (Å²) in [6, 6.07) is 59.1. The van der Waals surface area contributed by atoms with Gasteiger partial charge in [0.15, 0.2) is 17.0 Å². The summed E-state index contributed by atoms with van der Waals surface area (Å²) in [5.41, 5.74) is 13.4. The first kappa shape index (κ1) is 34.1. The zero-order valence-corrected chi connectivity index (χ0v) is 32.3. The summed E-state index contributed by atoms with van der Waals surface area (Å²) in [6.45, 7) is 0. The van der Waals surface area contributed by atoms with Crippen LogP contribution in [0.4, 0.5) is 0 Å². The monoisotopic (exact) mass is 770 g/mol. The highest BCUT2D eigenvalue weighted by Crippen LogP contribution is 2.41. The molecule has 0 radical (unpaired) electrons. The minimum atomic E-state index is 0.585. The third kappa shape index (κ3) is 5.96. The lowest BCUT2D eigenvalue weighted by molar-refractivity contribution is 0.580. The van der Waals surface area contributed by atoms with Gasteiger partial charge in [0, 0.05) is 27.6 Å². The Morgan fingerprint density at radius 2 is 0.933 bits per heavy atom. The fourth-order valence-corrected chi connectivity index (χ4v) is 8.49. The molecule has 0 bridgehead atoms. The lowest BCUT2D eigenvalue weighted by atomic mass is 9.91. The van der Waals surface area contributed by atoms with Gasteiger partial charge >= 0.3 is 0 Å². The Hall–Kier alpha value is -7.96. The van der Waals surface area contributed by atoms with Crippen molar-refractivity contribution in [2.45, 2.75) is 12.8 Å². The summed E-state index contributed by atoms with van der Waals surface area (Å²) in [5.74, 6) is 1.95. The van der Waals surface area contributed by atoms with Gasteiger partial charge in [-0.2, -0.15) is 0 Å². The van der Waals surface area contributed by atoms with E-state index in [4.69, 9.17) is 28.8 Å². The molecule has 3 heterocycles. The van der Waals surface area contributed by atoms with E-state index in [1.54, 1.807) is 0 Å². The minimum Gasteiger partial charge on any atom is -0.436 e. The van der Waals surface area contributed by atoms with Crippen LogP contribution in [0.1, 0.15) is 24.6 Å². The fourth-order valence-electron chi connectivity index (χ4n) is 8.49. The molecule has 1 aliphatic rings. The van der Waals surface area contributed by atoms with Crippen molar-refractivity contribution in [2.75, 3.05) is 0 Å². The molecule has 0 spiro atoms. The summed E-state index contributed by atoms with van der Waals surface area (Å²) in [5, 5.41) is 5.74. The van der Waals surface area contributed by atoms with Gasteiger partial charge in [0.25, 0.3) is 0 Å². The van der Waals surface area contributed by atoms with Crippen LogP contribution in [0.25, 0.3) is 111 Å². The van der Waals surface area contributed by atoms with Crippen molar-refractivity contribution in [2.24, 2.45) is 0 Å². The summed E-state index contributed by atoms with van der Waals surface area (Å²) in [6.07, 6.45) is 5.74. The molecule has 0 unspecified atom stereocenters. The van der Waals surface area contributed by atoms with Crippen molar-refractivity contribution in [3.63, 3.8) is 0 Å². The fraction of sp³-hybridized carbons (Fsp3) is 0.0370. The van der Waals surface area contributed by atoms with Crippen LogP contribution in [-0.4, -0.2) is 19.9 Å². The van der Waals surface area contributed by atoms with E-state index in [1.807, 2.05) is 48.5 Å². The number of allylic oxidation sites excluding steroid dienone is 4. The second-order valence-electron chi connectivity index (χ2n) is 15.4. The molecule has 12 rings (SSSR count). The zero-order chi connectivity index (χ0) is 39.6. The van der Waals surface area contributed by atoms with E-state index in [9.17, 15) is 0 Å². The van der Waals surface area contributed by atoms with Crippen LogP contribution >= 0.6 is 0 Å². The van der Waals surface area contributed by atoms with E-state index in [0.717, 1.165) is 96.2 Å². The quantitative estimate of drug-likeness (QED) is 0.168. The van der Waals surface area contributed by atoms with Gasteiger partial charge in [-0.15, -0.1) is 0 Å². The van der Waals surface area contributed by atoms with Crippen LogP contribution in [0.5, 0.6) is 0 Å². The number of rotatable bonds is 6. The molecule has 0 fully saturated rings. The van der Waals surface area contributed by atoms with E-state index in [1.165, 1.54) is 21.5 Å². The minimum absolute atomic E-state index is 0.585. The van der Waals surface area contributed by atoms with Gasteiger partial charge in [0.1, 0.15) is 11.0 Å². The third-order valence-electron chi connectivity index (χ3n) is 11.6. The van der Waals surface area contributed by atoms with Gasteiger partial charge < -0.3 is 8.83 Å². The first-order valence-corrected chi connectivity index (χ1v) is 20.2. The standard InChI is InChI=1S/C54H34N4O2/c1-3-11-39-29-41(27-17-33(39)9-1)43-31-44(42-28-18-34-10-2-4-12-40(34)30-42)51-45(32-43)50(35-19-23-37(24-20-35)53-55-46-13-5-7-15-48(46)59-53)57-52(58-51)36-21-25-38(26-22-36)54-56-47-14-6-8-16-49(47)60-54/h1-21,23-25,27-32H,22,26H2. The van der Waals surface area contributed by atoms with Gasteiger partial charge in [0.2, 0.25) is 11.8 Å². The first-order valence-electron chi connectivity index (χ1n) is 20.2. The van der Waals surface area contributed by atoms with Gasteiger partial charge in [-0.1, -0.05) is 121 Å². The topological polar surface area (TPSA) is 77.8 Å². The maximum atomic E-state index is 6.16. The lowest BCUT2D eigenvalue weighted by Crippen LogP contribution is -2.03. The molecule has 282 valence electrons.